The van der Waals surface area contributed by atoms with E-state index in [0.717, 1.165) is 30.6 Å². The molecule has 0 N–H and O–H groups in total. The molecule has 2 aliphatic rings. The molecule has 2 heterocycles. The minimum absolute atomic E-state index is 0.0115. The van der Waals surface area contributed by atoms with Crippen LogP contribution in [0.2, 0.25) is 0 Å². The summed E-state index contributed by atoms with van der Waals surface area (Å²) >= 11 is 0. The molecule has 0 aliphatic carbocycles. The van der Waals surface area contributed by atoms with Crippen molar-refractivity contribution >= 4 is 18.0 Å². The van der Waals surface area contributed by atoms with Crippen LogP contribution < -0.4 is 4.74 Å². The molecule has 1 aromatic carbocycles. The van der Waals surface area contributed by atoms with Gasteiger partial charge < -0.3 is 23.8 Å². The van der Waals surface area contributed by atoms with E-state index in [1.165, 1.54) is 22.6 Å². The smallest absolute Gasteiger partial charge is 0.489 e. The molecule has 1 fully saturated rings. The maximum absolute atomic E-state index is 13.2. The number of hydrogen-bond acceptors (Lipinski definition) is 7. The summed E-state index contributed by atoms with van der Waals surface area (Å²) in [6.07, 6.45) is 4.16. The Morgan fingerprint density at radius 2 is 1.84 bits per heavy atom. The van der Waals surface area contributed by atoms with Crippen LogP contribution in [-0.2, 0) is 36.6 Å². The van der Waals surface area contributed by atoms with Gasteiger partial charge in [0.25, 0.3) is 0 Å². The van der Waals surface area contributed by atoms with E-state index in [-0.39, 0.29) is 43.4 Å². The Kier molecular flexibility index (Phi) is 9.55. The quantitative estimate of drug-likeness (QED) is 0.214. The molecule has 2 aliphatic heterocycles. The first-order valence-corrected chi connectivity index (χ1v) is 12.8. The van der Waals surface area contributed by atoms with E-state index in [2.05, 4.69) is 39.1 Å². The minimum Gasteiger partial charge on any atom is -0.489 e. The van der Waals surface area contributed by atoms with Crippen molar-refractivity contribution < 1.29 is 33.3 Å². The van der Waals surface area contributed by atoms with Gasteiger partial charge in [0.15, 0.2) is 0 Å². The van der Waals surface area contributed by atoms with Gasteiger partial charge in [-0.05, 0) is 37.0 Å². The van der Waals surface area contributed by atoms with Crippen LogP contribution >= 0.6 is 0 Å². The molecule has 37 heavy (non-hydrogen) atoms. The molecule has 0 bridgehead atoms. The van der Waals surface area contributed by atoms with E-state index in [1.54, 1.807) is 6.92 Å². The lowest BCUT2D eigenvalue weighted by molar-refractivity contribution is -0.164. The van der Waals surface area contributed by atoms with Gasteiger partial charge in [0.05, 0.1) is 12.0 Å². The Morgan fingerprint density at radius 3 is 2.49 bits per heavy atom. The van der Waals surface area contributed by atoms with Crippen molar-refractivity contribution in [3.63, 3.8) is 0 Å². The number of hydrogen-bond donors (Lipinski definition) is 0. The number of carbonyl (C=O) groups excluding carboxylic acids is 3. The zero-order valence-corrected chi connectivity index (χ0v) is 22.2. The summed E-state index contributed by atoms with van der Waals surface area (Å²) in [7, 11) is 0. The fourth-order valence-electron chi connectivity index (χ4n) is 5.05. The summed E-state index contributed by atoms with van der Waals surface area (Å²) in [5.74, 6) is -0.994. The number of benzene rings is 1. The van der Waals surface area contributed by atoms with Gasteiger partial charge in [-0.1, -0.05) is 64.6 Å². The van der Waals surface area contributed by atoms with Gasteiger partial charge in [-0.3, -0.25) is 4.79 Å². The first-order valence-electron chi connectivity index (χ1n) is 12.8. The van der Waals surface area contributed by atoms with Crippen molar-refractivity contribution in [2.75, 3.05) is 19.8 Å². The van der Waals surface area contributed by atoms with Crippen molar-refractivity contribution in [1.29, 1.82) is 0 Å². The number of rotatable bonds is 13. The lowest BCUT2D eigenvalue weighted by Gasteiger charge is -2.47. The van der Waals surface area contributed by atoms with Crippen molar-refractivity contribution in [1.82, 2.24) is 4.90 Å². The standard InChI is InChI=1S/C29H37NO7/c1-7-11-20-12-13-23(21(10-4)16-20)36-17-22-18(5)25-24(19(6)37-29(33)35-15-9-3)27(31)30(25)26(22)28(32)34-14-8-2/h8-9,12-13,16,18-19,24-25H,2-3,7,10-11,14-15,17H2,1,4-6H3. The number of carbonyl (C=O) groups is 3. The van der Waals surface area contributed by atoms with Crippen LogP contribution in [0.15, 0.2) is 54.8 Å². The summed E-state index contributed by atoms with van der Waals surface area (Å²) in [6, 6.07) is 5.81. The second kappa shape index (κ2) is 12.6. The highest BCUT2D eigenvalue weighted by atomic mass is 16.7. The Hall–Kier alpha value is -3.55. The molecule has 0 spiro atoms. The summed E-state index contributed by atoms with van der Waals surface area (Å²) in [6.45, 7) is 15.1. The molecule has 0 saturated carbocycles. The Bertz CT molecular complexity index is 1080. The fraction of sp³-hybridized carbons (Fsp3) is 0.483. The Balaban J connectivity index is 1.83. The molecular weight excluding hydrogens is 474 g/mol. The average molecular weight is 512 g/mol. The molecule has 200 valence electrons. The largest absolute Gasteiger partial charge is 0.508 e. The number of nitrogens with zero attached hydrogens (tertiary/aromatic N) is 1. The van der Waals surface area contributed by atoms with E-state index in [9.17, 15) is 14.4 Å². The van der Waals surface area contributed by atoms with Crippen molar-refractivity contribution in [2.45, 2.75) is 59.1 Å². The molecule has 1 amide bonds. The van der Waals surface area contributed by atoms with Crippen LogP contribution in [0.25, 0.3) is 0 Å². The van der Waals surface area contributed by atoms with E-state index in [0.29, 0.717) is 5.57 Å². The maximum atomic E-state index is 13.2. The number of amides is 1. The molecule has 0 aromatic heterocycles. The van der Waals surface area contributed by atoms with E-state index >= 15 is 0 Å². The van der Waals surface area contributed by atoms with Crippen LogP contribution in [0.5, 0.6) is 5.75 Å². The third kappa shape index (κ3) is 5.89. The number of ether oxygens (including phenoxy) is 4. The van der Waals surface area contributed by atoms with Gasteiger partial charge in [-0.2, -0.15) is 0 Å². The highest BCUT2D eigenvalue weighted by Crippen LogP contribution is 2.48. The first kappa shape index (κ1) is 28.0. The molecule has 1 saturated heterocycles. The van der Waals surface area contributed by atoms with E-state index in [1.807, 2.05) is 13.0 Å². The summed E-state index contributed by atoms with van der Waals surface area (Å²) in [4.78, 5) is 39.6. The second-order valence-corrected chi connectivity index (χ2v) is 9.28. The molecule has 8 heteroatoms. The number of β-lactam (4-membered cyclic amide) rings is 1. The van der Waals surface area contributed by atoms with Crippen molar-refractivity contribution in [3.8, 4) is 5.75 Å². The van der Waals surface area contributed by atoms with Crippen molar-refractivity contribution in [2.24, 2.45) is 11.8 Å². The lowest BCUT2D eigenvalue weighted by Crippen LogP contribution is -2.64. The van der Waals surface area contributed by atoms with Gasteiger partial charge in [-0.15, -0.1) is 0 Å². The molecule has 4 atom stereocenters. The van der Waals surface area contributed by atoms with Crippen LogP contribution in [0.1, 0.15) is 45.2 Å². The highest BCUT2D eigenvalue weighted by Gasteiger charge is 2.61. The van der Waals surface area contributed by atoms with Gasteiger partial charge >= 0.3 is 12.1 Å². The van der Waals surface area contributed by atoms with E-state index in [4.69, 9.17) is 18.9 Å². The normalized spacial score (nSPS) is 21.0. The molecule has 3 rings (SSSR count). The molecular formula is C29H37NO7. The van der Waals surface area contributed by atoms with E-state index < -0.39 is 24.1 Å². The van der Waals surface area contributed by atoms with Crippen molar-refractivity contribution in [3.05, 3.63) is 65.9 Å². The summed E-state index contributed by atoms with van der Waals surface area (Å²) in [5.41, 5.74) is 3.22. The van der Waals surface area contributed by atoms with Crippen LogP contribution in [0.3, 0.4) is 0 Å². The monoisotopic (exact) mass is 511 g/mol. The summed E-state index contributed by atoms with van der Waals surface area (Å²) in [5, 5.41) is 0. The van der Waals surface area contributed by atoms with Gasteiger partial charge in [-0.25, -0.2) is 9.59 Å². The molecule has 0 radical (unpaired) electrons. The summed E-state index contributed by atoms with van der Waals surface area (Å²) < 4.78 is 21.8. The topological polar surface area (TPSA) is 91.4 Å². The van der Waals surface area contributed by atoms with Crippen LogP contribution in [0.4, 0.5) is 4.79 Å². The number of aryl methyl sites for hydroxylation is 2. The molecule has 8 nitrogen and oxygen atoms in total. The first-order chi connectivity index (χ1) is 17.8. The van der Waals surface area contributed by atoms with Gasteiger partial charge in [0, 0.05) is 11.5 Å². The predicted octanol–water partition coefficient (Wildman–Crippen LogP) is 4.77. The molecule has 4 unspecified atom stereocenters. The third-order valence-electron chi connectivity index (χ3n) is 6.86. The van der Waals surface area contributed by atoms with Gasteiger partial charge in [0.2, 0.25) is 5.91 Å². The number of esters is 1. The minimum atomic E-state index is -0.870. The predicted molar refractivity (Wildman–Crippen MR) is 139 cm³/mol. The third-order valence-corrected chi connectivity index (χ3v) is 6.86. The molecule has 1 aromatic rings. The Labute approximate surface area is 218 Å². The Morgan fingerprint density at radius 1 is 1.14 bits per heavy atom. The average Bonchev–Trinajstić information content (AvgIpc) is 3.13. The number of fused-ring (bicyclic) bond motifs is 1. The SMILES string of the molecule is C=CCOC(=O)OC(C)C1C(=O)N2C(C(=O)OCC=C)=C(COc3ccc(CCC)cc3CC)C(C)C12. The zero-order valence-electron chi connectivity index (χ0n) is 22.2. The van der Waals surface area contributed by atoms with Crippen LogP contribution in [0, 0.1) is 11.8 Å². The fourth-order valence-corrected chi connectivity index (χ4v) is 5.05. The second-order valence-electron chi connectivity index (χ2n) is 9.28. The maximum Gasteiger partial charge on any atom is 0.508 e. The lowest BCUT2D eigenvalue weighted by atomic mass is 9.77. The highest BCUT2D eigenvalue weighted by molar-refractivity contribution is 6.01. The van der Waals surface area contributed by atoms with Gasteiger partial charge in [0.1, 0.15) is 37.4 Å². The van der Waals surface area contributed by atoms with Crippen LogP contribution in [-0.4, -0.2) is 54.9 Å². The zero-order chi connectivity index (χ0) is 27.1.